The third-order valence-electron chi connectivity index (χ3n) is 4.23. The molecule has 0 bridgehead atoms. The summed E-state index contributed by atoms with van der Waals surface area (Å²) in [6, 6.07) is 3.55. The van der Waals surface area contributed by atoms with Crippen molar-refractivity contribution >= 4 is 43.7 Å². The van der Waals surface area contributed by atoms with Crippen LogP contribution in [0, 0.1) is 13.8 Å². The standard InChI is InChI=1S/C16H16N4O4S3/c1-9-14(10(2)24-19-9)27(22,23)20-6-5-11-13(8-20)26-16(17-11)18-15(21)12-4-3-7-25-12/h3-4,7H,5-6,8H2,1-2H3,(H,17,18,21). The molecule has 4 rings (SSSR count). The number of nitrogens with one attached hydrogen (secondary N) is 1. The molecule has 0 fully saturated rings. The van der Waals surface area contributed by atoms with Gasteiger partial charge >= 0.3 is 0 Å². The highest BCUT2D eigenvalue weighted by Gasteiger charge is 2.34. The average molecular weight is 425 g/mol. The Labute approximate surface area is 163 Å². The number of anilines is 1. The van der Waals surface area contributed by atoms with E-state index in [-0.39, 0.29) is 23.1 Å². The second kappa shape index (κ2) is 6.82. The van der Waals surface area contributed by atoms with Crippen molar-refractivity contribution in [2.75, 3.05) is 11.9 Å². The van der Waals surface area contributed by atoms with Crippen molar-refractivity contribution in [1.29, 1.82) is 0 Å². The first-order valence-corrected chi connectivity index (χ1v) is 11.3. The first-order chi connectivity index (χ1) is 12.9. The summed E-state index contributed by atoms with van der Waals surface area (Å²) in [5.41, 5.74) is 1.18. The fraction of sp³-hybridized carbons (Fsp3) is 0.312. The molecule has 0 saturated heterocycles. The van der Waals surface area contributed by atoms with Crippen molar-refractivity contribution in [3.05, 3.63) is 44.4 Å². The average Bonchev–Trinajstić information content (AvgIpc) is 3.34. The number of sulfonamides is 1. The molecule has 3 aromatic heterocycles. The van der Waals surface area contributed by atoms with Crippen LogP contribution in [-0.4, -0.2) is 35.3 Å². The quantitative estimate of drug-likeness (QED) is 0.690. The monoisotopic (exact) mass is 424 g/mol. The van der Waals surface area contributed by atoms with Crippen LogP contribution >= 0.6 is 22.7 Å². The minimum absolute atomic E-state index is 0.127. The van der Waals surface area contributed by atoms with Crippen LogP contribution in [0.1, 0.15) is 31.7 Å². The molecule has 8 nitrogen and oxygen atoms in total. The Bertz CT molecular complexity index is 1080. The molecule has 1 aliphatic rings. The number of amides is 1. The summed E-state index contributed by atoms with van der Waals surface area (Å²) in [7, 11) is -3.70. The highest BCUT2D eigenvalue weighted by Crippen LogP contribution is 2.32. The number of hydrogen-bond donors (Lipinski definition) is 1. The van der Waals surface area contributed by atoms with Gasteiger partial charge in [-0.1, -0.05) is 11.2 Å². The Morgan fingerprint density at radius 1 is 1.37 bits per heavy atom. The third-order valence-corrected chi connectivity index (χ3v) is 8.18. The van der Waals surface area contributed by atoms with E-state index in [0.29, 0.717) is 28.7 Å². The van der Waals surface area contributed by atoms with Gasteiger partial charge in [-0.3, -0.25) is 10.1 Å². The zero-order valence-electron chi connectivity index (χ0n) is 14.6. The van der Waals surface area contributed by atoms with Crippen molar-refractivity contribution in [2.24, 2.45) is 0 Å². The molecule has 0 atom stereocenters. The van der Waals surface area contributed by atoms with E-state index in [1.165, 1.54) is 27.0 Å². The summed E-state index contributed by atoms with van der Waals surface area (Å²) in [5.74, 6) is 0.0720. The number of hydrogen-bond acceptors (Lipinski definition) is 8. The van der Waals surface area contributed by atoms with Crippen LogP contribution in [0.5, 0.6) is 0 Å². The molecule has 0 aromatic carbocycles. The van der Waals surface area contributed by atoms with Gasteiger partial charge in [0.2, 0.25) is 10.0 Å². The van der Waals surface area contributed by atoms with E-state index >= 15 is 0 Å². The largest absolute Gasteiger partial charge is 0.360 e. The summed E-state index contributed by atoms with van der Waals surface area (Å²) < 4.78 is 32.4. The number of rotatable bonds is 4. The molecular formula is C16H16N4O4S3. The number of aromatic nitrogens is 2. The van der Waals surface area contributed by atoms with E-state index in [1.54, 1.807) is 19.9 Å². The van der Waals surface area contributed by atoms with Crippen LogP contribution < -0.4 is 5.32 Å². The molecule has 1 amide bonds. The maximum absolute atomic E-state index is 13.0. The second-order valence-electron chi connectivity index (χ2n) is 6.06. The Hall–Kier alpha value is -2.08. The van der Waals surface area contributed by atoms with E-state index < -0.39 is 10.0 Å². The number of aryl methyl sites for hydroxylation is 2. The zero-order chi connectivity index (χ0) is 19.2. The van der Waals surface area contributed by atoms with Gasteiger partial charge in [-0.15, -0.1) is 22.7 Å². The Kier molecular flexibility index (Phi) is 4.62. The fourth-order valence-corrected chi connectivity index (χ4v) is 6.39. The van der Waals surface area contributed by atoms with Crippen LogP contribution in [0.2, 0.25) is 0 Å². The fourth-order valence-electron chi connectivity index (χ4n) is 2.97. The van der Waals surface area contributed by atoms with Gasteiger partial charge in [0.05, 0.1) is 17.1 Å². The van der Waals surface area contributed by atoms with Gasteiger partial charge in [-0.2, -0.15) is 4.31 Å². The number of fused-ring (bicyclic) bond motifs is 1. The number of thiazole rings is 1. The third kappa shape index (κ3) is 3.31. The van der Waals surface area contributed by atoms with Gasteiger partial charge in [0, 0.05) is 17.8 Å². The first-order valence-electron chi connectivity index (χ1n) is 8.12. The van der Waals surface area contributed by atoms with Gasteiger partial charge in [0.25, 0.3) is 5.91 Å². The molecule has 0 unspecified atom stereocenters. The molecule has 0 radical (unpaired) electrons. The SMILES string of the molecule is Cc1noc(C)c1S(=O)(=O)N1CCc2nc(NC(=O)c3cccs3)sc2C1. The van der Waals surface area contributed by atoms with Crippen LogP contribution in [0.25, 0.3) is 0 Å². The maximum atomic E-state index is 13.0. The molecule has 27 heavy (non-hydrogen) atoms. The highest BCUT2D eigenvalue weighted by molar-refractivity contribution is 7.89. The lowest BCUT2D eigenvalue weighted by Gasteiger charge is -2.25. The highest BCUT2D eigenvalue weighted by atomic mass is 32.2. The van der Waals surface area contributed by atoms with Gasteiger partial charge in [-0.25, -0.2) is 13.4 Å². The molecule has 11 heteroatoms. The molecule has 4 heterocycles. The van der Waals surface area contributed by atoms with Crippen LogP contribution in [0.3, 0.4) is 0 Å². The Morgan fingerprint density at radius 3 is 2.85 bits per heavy atom. The molecule has 3 aromatic rings. The molecule has 0 spiro atoms. The van der Waals surface area contributed by atoms with Gasteiger partial charge < -0.3 is 4.52 Å². The molecule has 1 N–H and O–H groups in total. The lowest BCUT2D eigenvalue weighted by molar-refractivity contribution is 0.103. The minimum atomic E-state index is -3.70. The number of carbonyl (C=O) groups is 1. The van der Waals surface area contributed by atoms with Crippen LogP contribution in [0.15, 0.2) is 26.9 Å². The first kappa shape index (κ1) is 18.3. The predicted octanol–water partition coefficient (Wildman–Crippen LogP) is 2.81. The van der Waals surface area contributed by atoms with Crippen molar-refractivity contribution in [3.8, 4) is 0 Å². The summed E-state index contributed by atoms with van der Waals surface area (Å²) in [6.07, 6.45) is 0.489. The van der Waals surface area contributed by atoms with Crippen molar-refractivity contribution in [1.82, 2.24) is 14.4 Å². The van der Waals surface area contributed by atoms with E-state index in [1.807, 2.05) is 11.4 Å². The van der Waals surface area contributed by atoms with E-state index in [2.05, 4.69) is 15.5 Å². The van der Waals surface area contributed by atoms with Crippen LogP contribution in [0.4, 0.5) is 5.13 Å². The molecule has 1 aliphatic heterocycles. The summed E-state index contributed by atoms with van der Waals surface area (Å²) in [6.45, 7) is 3.74. The summed E-state index contributed by atoms with van der Waals surface area (Å²) in [5, 5.41) is 8.85. The topological polar surface area (TPSA) is 105 Å². The lowest BCUT2D eigenvalue weighted by Crippen LogP contribution is -2.36. The smallest absolute Gasteiger partial charge is 0.267 e. The van der Waals surface area contributed by atoms with E-state index in [0.717, 1.165) is 10.6 Å². The Balaban J connectivity index is 1.55. The van der Waals surface area contributed by atoms with Crippen molar-refractivity contribution in [3.63, 3.8) is 0 Å². The molecule has 0 aliphatic carbocycles. The molecular weight excluding hydrogens is 408 g/mol. The van der Waals surface area contributed by atoms with E-state index in [9.17, 15) is 13.2 Å². The van der Waals surface area contributed by atoms with Crippen LogP contribution in [-0.2, 0) is 23.0 Å². The van der Waals surface area contributed by atoms with E-state index in [4.69, 9.17) is 4.52 Å². The summed E-state index contributed by atoms with van der Waals surface area (Å²) in [4.78, 5) is 18.2. The van der Waals surface area contributed by atoms with Crippen molar-refractivity contribution < 1.29 is 17.7 Å². The predicted molar refractivity (Wildman–Crippen MR) is 102 cm³/mol. The normalized spacial score (nSPS) is 14.9. The molecule has 142 valence electrons. The van der Waals surface area contributed by atoms with Gasteiger partial charge in [0.15, 0.2) is 10.9 Å². The summed E-state index contributed by atoms with van der Waals surface area (Å²) >= 11 is 2.66. The number of thiophene rings is 1. The zero-order valence-corrected chi connectivity index (χ0v) is 17.0. The lowest BCUT2D eigenvalue weighted by atomic mass is 10.2. The maximum Gasteiger partial charge on any atom is 0.267 e. The minimum Gasteiger partial charge on any atom is -0.360 e. The molecule has 0 saturated carbocycles. The van der Waals surface area contributed by atoms with Crippen molar-refractivity contribution in [2.45, 2.75) is 31.7 Å². The number of nitrogens with zero attached hydrogens (tertiary/aromatic N) is 3. The van der Waals surface area contributed by atoms with Gasteiger partial charge in [-0.05, 0) is 25.3 Å². The van der Waals surface area contributed by atoms with Gasteiger partial charge in [0.1, 0.15) is 10.6 Å². The Morgan fingerprint density at radius 2 is 2.19 bits per heavy atom. The second-order valence-corrected chi connectivity index (χ2v) is 9.97. The number of carbonyl (C=O) groups excluding carboxylic acids is 1.